The van der Waals surface area contributed by atoms with E-state index in [2.05, 4.69) is 25.1 Å². The summed E-state index contributed by atoms with van der Waals surface area (Å²) in [5.74, 6) is -0.00942. The molecule has 4 heteroatoms. The van der Waals surface area contributed by atoms with E-state index in [0.29, 0.717) is 6.54 Å². The summed E-state index contributed by atoms with van der Waals surface area (Å²) in [6, 6.07) is 22.5. The van der Waals surface area contributed by atoms with Crippen LogP contribution in [-0.4, -0.2) is 10.9 Å². The second kappa shape index (κ2) is 8.18. The van der Waals surface area contributed by atoms with Gasteiger partial charge in [-0.3, -0.25) is 9.69 Å². The number of rotatable bonds is 5. The van der Waals surface area contributed by atoms with Crippen molar-refractivity contribution in [2.24, 2.45) is 0 Å². The highest BCUT2D eigenvalue weighted by Gasteiger charge is 2.23. The lowest BCUT2D eigenvalue weighted by molar-refractivity contribution is 0.0984. The van der Waals surface area contributed by atoms with Crippen LogP contribution in [0.1, 0.15) is 39.5 Å². The Bertz CT molecular complexity index is 1160. The Morgan fingerprint density at radius 1 is 0.966 bits per heavy atom. The number of anilines is 1. The van der Waals surface area contributed by atoms with Crippen LogP contribution in [-0.2, 0) is 13.0 Å². The second-order valence-electron chi connectivity index (χ2n) is 7.35. The highest BCUT2D eigenvalue weighted by atomic mass is 32.1. The number of carbonyl (C=O) groups excluding carboxylic acids is 1. The van der Waals surface area contributed by atoms with Crippen molar-refractivity contribution in [3.63, 3.8) is 0 Å². The lowest BCUT2D eigenvalue weighted by atomic mass is 10.0. The van der Waals surface area contributed by atoms with Gasteiger partial charge in [-0.2, -0.15) is 0 Å². The monoisotopic (exact) mass is 400 g/mol. The smallest absolute Gasteiger partial charge is 0.260 e. The number of aromatic nitrogens is 1. The Morgan fingerprint density at radius 2 is 1.76 bits per heavy atom. The van der Waals surface area contributed by atoms with E-state index in [1.807, 2.05) is 67.3 Å². The molecule has 29 heavy (non-hydrogen) atoms. The average molecular weight is 401 g/mol. The molecule has 0 aliphatic rings. The summed E-state index contributed by atoms with van der Waals surface area (Å²) in [6.07, 6.45) is 0.984. The zero-order valence-corrected chi connectivity index (χ0v) is 17.8. The normalized spacial score (nSPS) is 11.0. The van der Waals surface area contributed by atoms with Gasteiger partial charge in [0.2, 0.25) is 0 Å². The summed E-state index contributed by atoms with van der Waals surface area (Å²) in [5.41, 5.74) is 6.09. The minimum atomic E-state index is -0.00942. The molecule has 3 aromatic carbocycles. The van der Waals surface area contributed by atoms with Crippen LogP contribution >= 0.6 is 11.3 Å². The van der Waals surface area contributed by atoms with Crippen LogP contribution in [0.25, 0.3) is 10.2 Å². The van der Waals surface area contributed by atoms with Crippen molar-refractivity contribution in [1.29, 1.82) is 0 Å². The van der Waals surface area contributed by atoms with Gasteiger partial charge < -0.3 is 0 Å². The van der Waals surface area contributed by atoms with Crippen LogP contribution in [0, 0.1) is 13.8 Å². The van der Waals surface area contributed by atoms with Crippen molar-refractivity contribution >= 4 is 32.6 Å². The van der Waals surface area contributed by atoms with E-state index in [9.17, 15) is 4.79 Å². The van der Waals surface area contributed by atoms with Crippen molar-refractivity contribution in [3.05, 3.63) is 94.5 Å². The minimum absolute atomic E-state index is 0.00942. The van der Waals surface area contributed by atoms with Crippen LogP contribution in [0.3, 0.4) is 0 Å². The van der Waals surface area contributed by atoms with Crippen LogP contribution < -0.4 is 4.90 Å². The molecular weight excluding hydrogens is 376 g/mol. The number of aryl methyl sites for hydroxylation is 3. The summed E-state index contributed by atoms with van der Waals surface area (Å²) in [4.78, 5) is 20.2. The molecule has 146 valence electrons. The minimum Gasteiger partial charge on any atom is -0.279 e. The molecule has 0 saturated carbocycles. The van der Waals surface area contributed by atoms with Crippen LogP contribution in [0.4, 0.5) is 5.13 Å². The van der Waals surface area contributed by atoms with Crippen LogP contribution in [0.15, 0.2) is 66.7 Å². The molecule has 4 rings (SSSR count). The van der Waals surface area contributed by atoms with Crippen molar-refractivity contribution in [2.75, 3.05) is 4.90 Å². The lowest BCUT2D eigenvalue weighted by Gasteiger charge is -2.21. The molecule has 1 heterocycles. The molecule has 4 aromatic rings. The zero-order chi connectivity index (χ0) is 20.4. The molecule has 0 spiro atoms. The maximum absolute atomic E-state index is 13.6. The van der Waals surface area contributed by atoms with Crippen molar-refractivity contribution in [2.45, 2.75) is 33.7 Å². The average Bonchev–Trinajstić information content (AvgIpc) is 3.16. The molecule has 0 fully saturated rings. The fourth-order valence-corrected chi connectivity index (χ4v) is 4.42. The fourth-order valence-electron chi connectivity index (χ4n) is 3.40. The third-order valence-corrected chi connectivity index (χ3v) is 6.17. The Morgan fingerprint density at radius 3 is 2.52 bits per heavy atom. The number of benzene rings is 3. The van der Waals surface area contributed by atoms with E-state index >= 15 is 0 Å². The molecule has 0 aliphatic heterocycles. The second-order valence-corrected chi connectivity index (χ2v) is 8.36. The SMILES string of the molecule is CCc1ccc2nc(N(Cc3ccccc3)C(=O)c3cc(C)ccc3C)sc2c1. The highest BCUT2D eigenvalue weighted by molar-refractivity contribution is 7.22. The fraction of sp³-hybridized carbons (Fsp3) is 0.200. The first-order valence-electron chi connectivity index (χ1n) is 9.87. The number of amides is 1. The lowest BCUT2D eigenvalue weighted by Crippen LogP contribution is -2.31. The Balaban J connectivity index is 1.79. The molecule has 1 aromatic heterocycles. The van der Waals surface area contributed by atoms with Crippen molar-refractivity contribution in [1.82, 2.24) is 4.98 Å². The van der Waals surface area contributed by atoms with E-state index in [4.69, 9.17) is 4.98 Å². The van der Waals surface area contributed by atoms with Gasteiger partial charge in [0.25, 0.3) is 5.91 Å². The van der Waals surface area contributed by atoms with E-state index in [1.54, 1.807) is 11.3 Å². The Kier molecular flexibility index (Phi) is 5.45. The molecule has 0 atom stereocenters. The number of hydrogen-bond donors (Lipinski definition) is 0. The van der Waals surface area contributed by atoms with E-state index in [1.165, 1.54) is 5.56 Å². The first-order valence-corrected chi connectivity index (χ1v) is 10.7. The van der Waals surface area contributed by atoms with Gasteiger partial charge in [0.15, 0.2) is 5.13 Å². The Labute approximate surface area is 175 Å². The van der Waals surface area contributed by atoms with Gasteiger partial charge in [-0.25, -0.2) is 4.98 Å². The summed E-state index contributed by atoms with van der Waals surface area (Å²) < 4.78 is 1.12. The van der Waals surface area contributed by atoms with Gasteiger partial charge >= 0.3 is 0 Å². The first kappa shape index (κ1) is 19.3. The summed E-state index contributed by atoms with van der Waals surface area (Å²) in [7, 11) is 0. The van der Waals surface area contributed by atoms with Crippen molar-refractivity contribution < 1.29 is 4.79 Å². The van der Waals surface area contributed by atoms with Gasteiger partial charge in [0, 0.05) is 5.56 Å². The van der Waals surface area contributed by atoms with Gasteiger partial charge in [-0.1, -0.05) is 72.4 Å². The molecule has 0 bridgehead atoms. The first-order chi connectivity index (χ1) is 14.0. The molecule has 1 amide bonds. The number of nitrogens with zero attached hydrogens (tertiary/aromatic N) is 2. The summed E-state index contributed by atoms with van der Waals surface area (Å²) in [5, 5.41) is 0.739. The molecule has 0 saturated heterocycles. The predicted molar refractivity (Wildman–Crippen MR) is 122 cm³/mol. The van der Waals surface area contributed by atoms with Crippen LogP contribution in [0.5, 0.6) is 0 Å². The number of fused-ring (bicyclic) bond motifs is 1. The van der Waals surface area contributed by atoms with Gasteiger partial charge in [0.1, 0.15) is 0 Å². The molecule has 3 nitrogen and oxygen atoms in total. The quantitative estimate of drug-likeness (QED) is 0.392. The van der Waals surface area contributed by atoms with E-state index in [0.717, 1.165) is 44.0 Å². The largest absolute Gasteiger partial charge is 0.279 e. The van der Waals surface area contributed by atoms with Gasteiger partial charge in [0.05, 0.1) is 16.8 Å². The van der Waals surface area contributed by atoms with Gasteiger partial charge in [-0.05, 0) is 55.2 Å². The number of thiazole rings is 1. The third-order valence-electron chi connectivity index (χ3n) is 5.13. The molecule has 0 aliphatic carbocycles. The van der Waals surface area contributed by atoms with Gasteiger partial charge in [-0.15, -0.1) is 0 Å². The van der Waals surface area contributed by atoms with E-state index in [-0.39, 0.29) is 5.91 Å². The third kappa shape index (κ3) is 4.08. The Hall–Kier alpha value is -2.98. The standard InChI is InChI=1S/C25H24N2OS/c1-4-19-12-13-22-23(15-19)29-25(26-22)27(16-20-8-6-5-7-9-20)24(28)21-14-17(2)10-11-18(21)3/h5-15H,4,16H2,1-3H3. The summed E-state index contributed by atoms with van der Waals surface area (Å²) >= 11 is 1.58. The summed E-state index contributed by atoms with van der Waals surface area (Å²) in [6.45, 7) is 6.64. The topological polar surface area (TPSA) is 33.2 Å². The molecule has 0 N–H and O–H groups in total. The van der Waals surface area contributed by atoms with E-state index < -0.39 is 0 Å². The number of hydrogen-bond acceptors (Lipinski definition) is 3. The van der Waals surface area contributed by atoms with Crippen molar-refractivity contribution in [3.8, 4) is 0 Å². The molecule has 0 radical (unpaired) electrons. The maximum Gasteiger partial charge on any atom is 0.260 e. The van der Waals surface area contributed by atoms with Crippen LogP contribution in [0.2, 0.25) is 0 Å². The predicted octanol–water partition coefficient (Wildman–Crippen LogP) is 6.32. The maximum atomic E-state index is 13.6. The highest BCUT2D eigenvalue weighted by Crippen LogP contribution is 2.32. The molecular formula is C25H24N2OS. The number of carbonyl (C=O) groups is 1. The molecule has 0 unspecified atom stereocenters. The zero-order valence-electron chi connectivity index (χ0n) is 17.0.